The average Bonchev–Trinajstić information content (AvgIpc) is 3.08. The molecule has 42 heavy (non-hydrogen) atoms. The highest BCUT2D eigenvalue weighted by Crippen LogP contribution is 2.35. The van der Waals surface area contributed by atoms with Crippen LogP contribution in [0.15, 0.2) is 152 Å². The molecule has 0 spiro atoms. The maximum atomic E-state index is 4.88. The van der Waals surface area contributed by atoms with Gasteiger partial charge in [-0.25, -0.2) is 15.0 Å². The first-order valence-electron chi connectivity index (χ1n) is 14.1. The van der Waals surface area contributed by atoms with Gasteiger partial charge in [0.2, 0.25) is 0 Å². The van der Waals surface area contributed by atoms with Gasteiger partial charge in [-0.2, -0.15) is 0 Å². The number of fused-ring (bicyclic) bond motifs is 5. The van der Waals surface area contributed by atoms with E-state index in [1.165, 1.54) is 37.9 Å². The van der Waals surface area contributed by atoms with Gasteiger partial charge in [0.05, 0.1) is 0 Å². The lowest BCUT2D eigenvalue weighted by atomic mass is 9.94. The molecular weight excluding hydrogens is 510 g/mol. The Morgan fingerprint density at radius 2 is 0.714 bits per heavy atom. The van der Waals surface area contributed by atoms with Gasteiger partial charge in [0.15, 0.2) is 17.5 Å². The third kappa shape index (κ3) is 4.29. The zero-order valence-corrected chi connectivity index (χ0v) is 22.8. The van der Waals surface area contributed by atoms with E-state index in [2.05, 4.69) is 91.0 Å². The molecule has 0 unspecified atom stereocenters. The zero-order chi connectivity index (χ0) is 27.9. The predicted octanol–water partition coefficient (Wildman–Crippen LogP) is 10.00. The molecule has 0 fully saturated rings. The third-order valence-corrected chi connectivity index (χ3v) is 7.90. The van der Waals surface area contributed by atoms with Crippen molar-refractivity contribution < 1.29 is 0 Å². The molecule has 0 aliphatic heterocycles. The number of rotatable bonds is 4. The number of nitrogens with zero attached hydrogens (tertiary/aromatic N) is 3. The molecule has 0 radical (unpaired) electrons. The summed E-state index contributed by atoms with van der Waals surface area (Å²) in [6.45, 7) is 0. The molecule has 3 heteroatoms. The molecule has 7 aromatic carbocycles. The molecule has 1 aromatic heterocycles. The van der Waals surface area contributed by atoms with Gasteiger partial charge in [-0.15, -0.1) is 0 Å². The molecule has 0 amide bonds. The third-order valence-electron chi connectivity index (χ3n) is 7.90. The van der Waals surface area contributed by atoms with E-state index >= 15 is 0 Å². The lowest BCUT2D eigenvalue weighted by Gasteiger charge is -2.11. The van der Waals surface area contributed by atoms with Gasteiger partial charge in [0.1, 0.15) is 0 Å². The fraction of sp³-hybridized carbons (Fsp3) is 0. The lowest BCUT2D eigenvalue weighted by Crippen LogP contribution is -2.00. The molecular formula is C39H25N3. The van der Waals surface area contributed by atoms with Gasteiger partial charge >= 0.3 is 0 Å². The molecule has 0 N–H and O–H groups in total. The fourth-order valence-corrected chi connectivity index (χ4v) is 5.75. The second-order valence-corrected chi connectivity index (χ2v) is 10.5. The van der Waals surface area contributed by atoms with Crippen molar-refractivity contribution in [3.05, 3.63) is 152 Å². The Morgan fingerprint density at radius 1 is 0.286 bits per heavy atom. The standard InChI is InChI=1S/C39H25N3/c1-3-10-30(11-4-1)37-40-38(31-12-5-2-6-13-31)42-39(41-37)32-22-15-26(16-23-32)33-24-19-28-18-21-29-20-17-27-9-7-8-14-34(27)36(29)35(28)25-33/h1-25H. The van der Waals surface area contributed by atoms with Crippen LogP contribution >= 0.6 is 0 Å². The van der Waals surface area contributed by atoms with Gasteiger partial charge in [0, 0.05) is 16.7 Å². The smallest absolute Gasteiger partial charge is 0.164 e. The lowest BCUT2D eigenvalue weighted by molar-refractivity contribution is 1.07. The number of hydrogen-bond acceptors (Lipinski definition) is 3. The minimum atomic E-state index is 0.658. The topological polar surface area (TPSA) is 38.7 Å². The SMILES string of the molecule is c1ccc(-c2nc(-c3ccccc3)nc(-c3ccc(-c4ccc5ccc6ccc7ccccc7c6c5c4)cc3)n2)cc1. The van der Waals surface area contributed by atoms with Crippen molar-refractivity contribution in [2.45, 2.75) is 0 Å². The van der Waals surface area contributed by atoms with E-state index in [1.54, 1.807) is 0 Å². The second kappa shape index (κ2) is 10.1. The molecule has 0 atom stereocenters. The summed E-state index contributed by atoms with van der Waals surface area (Å²) < 4.78 is 0. The fourth-order valence-electron chi connectivity index (χ4n) is 5.75. The van der Waals surface area contributed by atoms with E-state index in [9.17, 15) is 0 Å². The van der Waals surface area contributed by atoms with Gasteiger partial charge in [-0.3, -0.25) is 0 Å². The molecule has 0 bridgehead atoms. The van der Waals surface area contributed by atoms with Crippen LogP contribution in [0.5, 0.6) is 0 Å². The van der Waals surface area contributed by atoms with Crippen LogP contribution < -0.4 is 0 Å². The van der Waals surface area contributed by atoms with Crippen LogP contribution in [0.2, 0.25) is 0 Å². The molecule has 1 heterocycles. The van der Waals surface area contributed by atoms with E-state index in [1.807, 2.05) is 60.7 Å². The maximum absolute atomic E-state index is 4.88. The molecule has 0 aliphatic carbocycles. The highest BCUT2D eigenvalue weighted by molar-refractivity contribution is 6.20. The minimum Gasteiger partial charge on any atom is -0.208 e. The minimum absolute atomic E-state index is 0.658. The summed E-state index contributed by atoms with van der Waals surface area (Å²) in [7, 11) is 0. The Morgan fingerprint density at radius 3 is 1.33 bits per heavy atom. The molecule has 8 rings (SSSR count). The Balaban J connectivity index is 1.23. The largest absolute Gasteiger partial charge is 0.208 e. The molecule has 0 saturated carbocycles. The molecule has 196 valence electrons. The van der Waals surface area contributed by atoms with Crippen molar-refractivity contribution >= 4 is 32.3 Å². The Labute approximate surface area is 243 Å². The van der Waals surface area contributed by atoms with Crippen molar-refractivity contribution in [2.75, 3.05) is 0 Å². The summed E-state index contributed by atoms with van der Waals surface area (Å²) in [4.78, 5) is 14.6. The van der Waals surface area contributed by atoms with E-state index < -0.39 is 0 Å². The molecule has 3 nitrogen and oxygen atoms in total. The van der Waals surface area contributed by atoms with Crippen molar-refractivity contribution in [3.8, 4) is 45.3 Å². The summed E-state index contributed by atoms with van der Waals surface area (Å²) in [6, 6.07) is 52.9. The molecule has 0 aliphatic rings. The molecule has 0 saturated heterocycles. The van der Waals surface area contributed by atoms with Crippen molar-refractivity contribution in [1.29, 1.82) is 0 Å². The highest BCUT2D eigenvalue weighted by Gasteiger charge is 2.13. The Bertz CT molecular complexity index is 2160. The van der Waals surface area contributed by atoms with Gasteiger partial charge in [-0.05, 0) is 49.5 Å². The highest BCUT2D eigenvalue weighted by atomic mass is 15.0. The first kappa shape index (κ1) is 24.2. The summed E-state index contributed by atoms with van der Waals surface area (Å²) in [5, 5.41) is 7.61. The second-order valence-electron chi connectivity index (χ2n) is 10.5. The quantitative estimate of drug-likeness (QED) is 0.211. The summed E-state index contributed by atoms with van der Waals surface area (Å²) >= 11 is 0. The first-order valence-corrected chi connectivity index (χ1v) is 14.1. The summed E-state index contributed by atoms with van der Waals surface area (Å²) in [5.41, 5.74) is 5.21. The Kier molecular flexibility index (Phi) is 5.79. The summed E-state index contributed by atoms with van der Waals surface area (Å²) in [5.74, 6) is 1.99. The van der Waals surface area contributed by atoms with Crippen LogP contribution in [0, 0.1) is 0 Å². The van der Waals surface area contributed by atoms with Crippen molar-refractivity contribution in [2.24, 2.45) is 0 Å². The number of hydrogen-bond donors (Lipinski definition) is 0. The van der Waals surface area contributed by atoms with Gasteiger partial charge in [0.25, 0.3) is 0 Å². The van der Waals surface area contributed by atoms with Crippen LogP contribution in [-0.2, 0) is 0 Å². The average molecular weight is 536 g/mol. The van der Waals surface area contributed by atoms with Crippen molar-refractivity contribution in [3.63, 3.8) is 0 Å². The Hall–Kier alpha value is -5.67. The van der Waals surface area contributed by atoms with Crippen LogP contribution in [-0.4, -0.2) is 15.0 Å². The van der Waals surface area contributed by atoms with E-state index in [0.717, 1.165) is 22.3 Å². The summed E-state index contributed by atoms with van der Waals surface area (Å²) in [6.07, 6.45) is 0. The van der Waals surface area contributed by atoms with Crippen LogP contribution in [0.4, 0.5) is 0 Å². The van der Waals surface area contributed by atoms with E-state index in [0.29, 0.717) is 17.5 Å². The monoisotopic (exact) mass is 535 g/mol. The zero-order valence-electron chi connectivity index (χ0n) is 22.8. The van der Waals surface area contributed by atoms with Crippen LogP contribution in [0.1, 0.15) is 0 Å². The van der Waals surface area contributed by atoms with Crippen LogP contribution in [0.3, 0.4) is 0 Å². The number of aromatic nitrogens is 3. The maximum Gasteiger partial charge on any atom is 0.164 e. The van der Waals surface area contributed by atoms with Gasteiger partial charge in [-0.1, -0.05) is 146 Å². The van der Waals surface area contributed by atoms with Crippen LogP contribution in [0.25, 0.3) is 77.6 Å². The molecule has 8 aromatic rings. The van der Waals surface area contributed by atoms with E-state index in [-0.39, 0.29) is 0 Å². The van der Waals surface area contributed by atoms with E-state index in [4.69, 9.17) is 15.0 Å². The number of benzene rings is 7. The predicted molar refractivity (Wildman–Crippen MR) is 174 cm³/mol. The first-order chi connectivity index (χ1) is 20.8. The van der Waals surface area contributed by atoms with Crippen molar-refractivity contribution in [1.82, 2.24) is 15.0 Å². The normalized spacial score (nSPS) is 11.3. The van der Waals surface area contributed by atoms with Gasteiger partial charge < -0.3 is 0 Å².